The summed E-state index contributed by atoms with van der Waals surface area (Å²) in [5.74, 6) is -0.601. The SMILES string of the molecule is COc1ccc(C(F)(F)F)cc1-c1cc(-c2cccn(C)c2=O)ncc1C(=O)Nc1nc2ncc(Br)nc2s1. The highest BCUT2D eigenvalue weighted by Gasteiger charge is 2.32. The zero-order valence-corrected chi connectivity index (χ0v) is 22.5. The van der Waals surface area contributed by atoms with Crippen molar-refractivity contribution in [3.05, 3.63) is 81.1 Å². The topological polar surface area (TPSA) is 112 Å². The Morgan fingerprint density at radius 2 is 1.87 bits per heavy atom. The number of alkyl halides is 3. The first-order chi connectivity index (χ1) is 18.5. The average molecular weight is 617 g/mol. The standard InChI is InChI=1S/C25H16BrF3N6O3S/c1-35-7-3-4-13(23(35)37)17-9-14(15-8-12(25(27,28)29)5-6-18(15)38-2)16(10-30-17)21(36)34-24-33-20-22(39-24)32-19(26)11-31-20/h3-11H,1-2H3,(H,31,33,34,36). The lowest BCUT2D eigenvalue weighted by atomic mass is 9.96. The second-order valence-corrected chi connectivity index (χ2v) is 9.95. The van der Waals surface area contributed by atoms with E-state index >= 15 is 0 Å². The molecule has 39 heavy (non-hydrogen) atoms. The number of amides is 1. The van der Waals surface area contributed by atoms with Crippen molar-refractivity contribution in [1.82, 2.24) is 24.5 Å². The van der Waals surface area contributed by atoms with Crippen molar-refractivity contribution in [2.24, 2.45) is 7.05 Å². The number of aromatic nitrogens is 5. The van der Waals surface area contributed by atoms with Gasteiger partial charge in [0.05, 0.1) is 35.7 Å². The predicted octanol–water partition coefficient (Wildman–Crippen LogP) is 5.56. The number of benzene rings is 1. The van der Waals surface area contributed by atoms with E-state index in [1.54, 1.807) is 19.3 Å². The molecule has 0 saturated heterocycles. The fourth-order valence-electron chi connectivity index (χ4n) is 3.81. The number of thiazole rings is 1. The van der Waals surface area contributed by atoms with Crippen LogP contribution in [-0.2, 0) is 13.2 Å². The molecule has 0 atom stereocenters. The van der Waals surface area contributed by atoms with E-state index in [1.807, 2.05) is 0 Å². The lowest BCUT2D eigenvalue weighted by molar-refractivity contribution is -0.137. The highest BCUT2D eigenvalue weighted by molar-refractivity contribution is 9.10. The van der Waals surface area contributed by atoms with Gasteiger partial charge in [-0.05, 0) is 52.3 Å². The van der Waals surface area contributed by atoms with E-state index in [1.165, 1.54) is 42.3 Å². The molecule has 0 aliphatic heterocycles. The van der Waals surface area contributed by atoms with Crippen LogP contribution in [0.25, 0.3) is 32.9 Å². The highest BCUT2D eigenvalue weighted by Crippen LogP contribution is 2.39. The van der Waals surface area contributed by atoms with E-state index in [-0.39, 0.29) is 44.4 Å². The van der Waals surface area contributed by atoms with Gasteiger partial charge in [-0.1, -0.05) is 11.3 Å². The molecule has 0 bridgehead atoms. The van der Waals surface area contributed by atoms with Gasteiger partial charge < -0.3 is 9.30 Å². The van der Waals surface area contributed by atoms with E-state index in [0.29, 0.717) is 15.1 Å². The number of rotatable bonds is 5. The zero-order chi connectivity index (χ0) is 27.9. The molecular weight excluding hydrogens is 601 g/mol. The highest BCUT2D eigenvalue weighted by atomic mass is 79.9. The number of fused-ring (bicyclic) bond motifs is 1. The van der Waals surface area contributed by atoms with E-state index in [4.69, 9.17) is 4.74 Å². The fraction of sp³-hybridized carbons (Fsp3) is 0.120. The van der Waals surface area contributed by atoms with Crippen LogP contribution in [0.2, 0.25) is 0 Å². The van der Waals surface area contributed by atoms with E-state index in [0.717, 1.165) is 23.5 Å². The minimum atomic E-state index is -4.65. The minimum absolute atomic E-state index is 0.00885. The van der Waals surface area contributed by atoms with Gasteiger partial charge in [0.1, 0.15) is 10.4 Å². The molecular formula is C25H16BrF3N6O3S. The third-order valence-electron chi connectivity index (χ3n) is 5.68. The van der Waals surface area contributed by atoms with Crippen LogP contribution in [0.15, 0.2) is 64.4 Å². The van der Waals surface area contributed by atoms with Crippen LogP contribution in [0.5, 0.6) is 5.75 Å². The van der Waals surface area contributed by atoms with E-state index in [9.17, 15) is 22.8 Å². The maximum atomic E-state index is 13.6. The maximum Gasteiger partial charge on any atom is 0.416 e. The number of halogens is 4. The van der Waals surface area contributed by atoms with Crippen molar-refractivity contribution in [2.45, 2.75) is 6.18 Å². The van der Waals surface area contributed by atoms with Gasteiger partial charge in [0.25, 0.3) is 11.5 Å². The number of nitrogens with zero attached hydrogens (tertiary/aromatic N) is 5. The van der Waals surface area contributed by atoms with Crippen LogP contribution in [-0.4, -0.2) is 37.5 Å². The lowest BCUT2D eigenvalue weighted by Crippen LogP contribution is -2.18. The molecule has 0 fully saturated rings. The average Bonchev–Trinajstić information content (AvgIpc) is 3.30. The number of pyridine rings is 2. The molecule has 198 valence electrons. The van der Waals surface area contributed by atoms with Gasteiger partial charge in [0, 0.05) is 30.6 Å². The third-order valence-corrected chi connectivity index (χ3v) is 6.92. The van der Waals surface area contributed by atoms with E-state index in [2.05, 4.69) is 41.2 Å². The Bertz CT molecular complexity index is 1800. The van der Waals surface area contributed by atoms with Crippen molar-refractivity contribution < 1.29 is 22.7 Å². The lowest BCUT2D eigenvalue weighted by Gasteiger charge is -2.16. The number of hydrogen-bond donors (Lipinski definition) is 1. The van der Waals surface area contributed by atoms with Gasteiger partial charge in [-0.15, -0.1) is 0 Å². The summed E-state index contributed by atoms with van der Waals surface area (Å²) in [6, 6.07) is 7.51. The first kappa shape index (κ1) is 26.4. The Kier molecular flexibility index (Phi) is 6.91. The molecule has 0 aliphatic carbocycles. The molecule has 0 unspecified atom stereocenters. The van der Waals surface area contributed by atoms with Gasteiger partial charge in [0.15, 0.2) is 15.6 Å². The normalized spacial score (nSPS) is 11.5. The molecule has 1 amide bonds. The molecule has 4 aromatic heterocycles. The summed E-state index contributed by atoms with van der Waals surface area (Å²) >= 11 is 4.30. The summed E-state index contributed by atoms with van der Waals surface area (Å²) in [5, 5.41) is 2.82. The molecule has 5 rings (SSSR count). The molecule has 0 spiro atoms. The number of carbonyl (C=O) groups is 1. The van der Waals surface area contributed by atoms with Crippen LogP contribution in [0.1, 0.15) is 15.9 Å². The van der Waals surface area contributed by atoms with Gasteiger partial charge in [0.2, 0.25) is 0 Å². The van der Waals surface area contributed by atoms with Crippen LogP contribution < -0.4 is 15.6 Å². The number of aryl methyl sites for hydroxylation is 1. The molecule has 0 aliphatic rings. The largest absolute Gasteiger partial charge is 0.496 e. The summed E-state index contributed by atoms with van der Waals surface area (Å²) in [4.78, 5) is 43.6. The molecule has 4 heterocycles. The smallest absolute Gasteiger partial charge is 0.416 e. The van der Waals surface area contributed by atoms with Crippen LogP contribution in [0.3, 0.4) is 0 Å². The molecule has 0 saturated carbocycles. The van der Waals surface area contributed by atoms with Crippen molar-refractivity contribution in [2.75, 3.05) is 12.4 Å². The summed E-state index contributed by atoms with van der Waals surface area (Å²) in [7, 11) is 2.87. The quantitative estimate of drug-likeness (QED) is 0.275. The summed E-state index contributed by atoms with van der Waals surface area (Å²) in [6.07, 6.45) is -0.427. The zero-order valence-electron chi connectivity index (χ0n) is 20.1. The van der Waals surface area contributed by atoms with Crippen LogP contribution in [0.4, 0.5) is 18.3 Å². The Balaban J connectivity index is 1.67. The Morgan fingerprint density at radius 3 is 2.62 bits per heavy atom. The summed E-state index contributed by atoms with van der Waals surface area (Å²) < 4.78 is 48.1. The number of nitrogens with one attached hydrogen (secondary N) is 1. The number of anilines is 1. The Hall–Kier alpha value is -4.17. The molecule has 0 radical (unpaired) electrons. The van der Waals surface area contributed by atoms with Gasteiger partial charge in [-0.2, -0.15) is 18.2 Å². The van der Waals surface area contributed by atoms with Crippen LogP contribution >= 0.6 is 27.3 Å². The molecule has 5 aromatic rings. The number of ether oxygens (including phenoxy) is 1. The number of carbonyl (C=O) groups excluding carboxylic acids is 1. The van der Waals surface area contributed by atoms with Crippen molar-refractivity contribution >= 4 is 48.8 Å². The second kappa shape index (κ2) is 10.2. The minimum Gasteiger partial charge on any atom is -0.496 e. The molecule has 14 heteroatoms. The summed E-state index contributed by atoms with van der Waals surface area (Å²) in [5.41, 5.74) is -0.625. The maximum absolute atomic E-state index is 13.6. The monoisotopic (exact) mass is 616 g/mol. The van der Waals surface area contributed by atoms with Crippen molar-refractivity contribution in [3.63, 3.8) is 0 Å². The molecule has 1 aromatic carbocycles. The Labute approximate surface area is 230 Å². The van der Waals surface area contributed by atoms with Crippen molar-refractivity contribution in [3.8, 4) is 28.1 Å². The van der Waals surface area contributed by atoms with Gasteiger partial charge in [-0.3, -0.25) is 19.9 Å². The Morgan fingerprint density at radius 1 is 1.08 bits per heavy atom. The first-order valence-corrected chi connectivity index (χ1v) is 12.7. The molecule has 9 nitrogen and oxygen atoms in total. The molecule has 1 N–H and O–H groups in total. The predicted molar refractivity (Wildman–Crippen MR) is 143 cm³/mol. The third kappa shape index (κ3) is 5.25. The first-order valence-electron chi connectivity index (χ1n) is 11.1. The van der Waals surface area contributed by atoms with E-state index < -0.39 is 17.6 Å². The fourth-order valence-corrected chi connectivity index (χ4v) is 5.00. The van der Waals surface area contributed by atoms with Gasteiger partial charge in [-0.25, -0.2) is 9.97 Å². The van der Waals surface area contributed by atoms with Crippen molar-refractivity contribution in [1.29, 1.82) is 0 Å². The van der Waals surface area contributed by atoms with Gasteiger partial charge >= 0.3 is 6.18 Å². The second-order valence-electron chi connectivity index (χ2n) is 8.16. The summed E-state index contributed by atoms with van der Waals surface area (Å²) in [6.45, 7) is 0. The number of methoxy groups -OCH3 is 1. The van der Waals surface area contributed by atoms with Crippen LogP contribution in [0, 0.1) is 0 Å². The number of hydrogen-bond acceptors (Lipinski definition) is 8.